The molecule has 0 spiro atoms. The van der Waals surface area contributed by atoms with Gasteiger partial charge in [-0.3, -0.25) is 4.79 Å². The standard InChI is InChI=1S/C8H12N2O2S/c1-5-8(13-4-10-5)6(9)2-3-7(11)12/h4,6H,2-3,9H2,1H3,(H,11,12). The summed E-state index contributed by atoms with van der Waals surface area (Å²) in [5.41, 5.74) is 8.43. The molecule has 0 radical (unpaired) electrons. The van der Waals surface area contributed by atoms with Crippen LogP contribution >= 0.6 is 11.3 Å². The third-order valence-corrected chi connectivity index (χ3v) is 2.85. The van der Waals surface area contributed by atoms with Crippen LogP contribution in [0.2, 0.25) is 0 Å². The highest BCUT2D eigenvalue weighted by molar-refractivity contribution is 7.09. The van der Waals surface area contributed by atoms with Gasteiger partial charge in [0.25, 0.3) is 0 Å². The molecule has 4 nitrogen and oxygen atoms in total. The molecule has 1 rings (SSSR count). The van der Waals surface area contributed by atoms with Gasteiger partial charge < -0.3 is 10.8 Å². The van der Waals surface area contributed by atoms with E-state index >= 15 is 0 Å². The summed E-state index contributed by atoms with van der Waals surface area (Å²) in [5.74, 6) is -0.808. The number of nitrogens with two attached hydrogens (primary N) is 1. The number of aliphatic carboxylic acids is 1. The number of aromatic nitrogens is 1. The summed E-state index contributed by atoms with van der Waals surface area (Å²) < 4.78 is 0. The molecule has 3 N–H and O–H groups in total. The monoisotopic (exact) mass is 200 g/mol. The minimum Gasteiger partial charge on any atom is -0.481 e. The molecule has 0 aromatic carbocycles. The fraction of sp³-hybridized carbons (Fsp3) is 0.500. The molecular formula is C8H12N2O2S. The van der Waals surface area contributed by atoms with Crippen LogP contribution in [0.25, 0.3) is 0 Å². The summed E-state index contributed by atoms with van der Waals surface area (Å²) in [7, 11) is 0. The van der Waals surface area contributed by atoms with Crippen molar-refractivity contribution in [1.29, 1.82) is 0 Å². The molecule has 1 heterocycles. The van der Waals surface area contributed by atoms with E-state index in [1.54, 1.807) is 5.51 Å². The normalized spacial score (nSPS) is 12.8. The molecule has 1 aromatic heterocycles. The van der Waals surface area contributed by atoms with Gasteiger partial charge in [0.05, 0.1) is 11.2 Å². The van der Waals surface area contributed by atoms with Gasteiger partial charge in [-0.25, -0.2) is 4.98 Å². The minimum absolute atomic E-state index is 0.110. The Balaban J connectivity index is 2.53. The van der Waals surface area contributed by atoms with E-state index in [1.807, 2.05) is 6.92 Å². The molecule has 72 valence electrons. The Morgan fingerprint density at radius 3 is 3.00 bits per heavy atom. The zero-order valence-electron chi connectivity index (χ0n) is 7.36. The van der Waals surface area contributed by atoms with Gasteiger partial charge in [-0.2, -0.15) is 0 Å². The molecule has 0 aliphatic heterocycles. The van der Waals surface area contributed by atoms with Crippen LogP contribution in [0, 0.1) is 6.92 Å². The van der Waals surface area contributed by atoms with Crippen molar-refractivity contribution < 1.29 is 9.90 Å². The zero-order valence-corrected chi connectivity index (χ0v) is 8.17. The number of carbonyl (C=O) groups is 1. The minimum atomic E-state index is -0.808. The number of hydrogen-bond acceptors (Lipinski definition) is 4. The Hall–Kier alpha value is -0.940. The topological polar surface area (TPSA) is 76.2 Å². The molecule has 0 amide bonds. The van der Waals surface area contributed by atoms with E-state index in [-0.39, 0.29) is 12.5 Å². The van der Waals surface area contributed by atoms with E-state index in [1.165, 1.54) is 11.3 Å². The summed E-state index contributed by atoms with van der Waals surface area (Å²) in [6.45, 7) is 1.88. The van der Waals surface area contributed by atoms with Crippen LogP contribution in [0.3, 0.4) is 0 Å². The van der Waals surface area contributed by atoms with Gasteiger partial charge in [-0.15, -0.1) is 11.3 Å². The van der Waals surface area contributed by atoms with Crippen LogP contribution in [0.15, 0.2) is 5.51 Å². The Labute approximate surface area is 80.4 Å². The van der Waals surface area contributed by atoms with Crippen molar-refractivity contribution in [3.8, 4) is 0 Å². The van der Waals surface area contributed by atoms with Crippen LogP contribution in [-0.2, 0) is 4.79 Å². The van der Waals surface area contributed by atoms with Crippen LogP contribution in [0.1, 0.15) is 29.5 Å². The molecule has 0 aliphatic rings. The third-order valence-electron chi connectivity index (χ3n) is 1.79. The average molecular weight is 200 g/mol. The van der Waals surface area contributed by atoms with Gasteiger partial charge in [0.15, 0.2) is 0 Å². The van der Waals surface area contributed by atoms with Crippen molar-refractivity contribution in [2.24, 2.45) is 5.73 Å². The van der Waals surface area contributed by atoms with Gasteiger partial charge in [0, 0.05) is 17.3 Å². The number of nitrogens with zero attached hydrogens (tertiary/aromatic N) is 1. The van der Waals surface area contributed by atoms with E-state index in [0.717, 1.165) is 10.6 Å². The van der Waals surface area contributed by atoms with E-state index in [0.29, 0.717) is 6.42 Å². The Morgan fingerprint density at radius 2 is 2.54 bits per heavy atom. The van der Waals surface area contributed by atoms with Gasteiger partial charge in [-0.1, -0.05) is 0 Å². The van der Waals surface area contributed by atoms with E-state index < -0.39 is 5.97 Å². The van der Waals surface area contributed by atoms with Crippen molar-refractivity contribution in [3.05, 3.63) is 16.1 Å². The van der Waals surface area contributed by atoms with Gasteiger partial charge >= 0.3 is 5.97 Å². The molecule has 0 saturated carbocycles. The number of carboxylic acid groups (broad SMARTS) is 1. The maximum absolute atomic E-state index is 10.3. The van der Waals surface area contributed by atoms with Crippen LogP contribution in [-0.4, -0.2) is 16.1 Å². The molecule has 0 fully saturated rings. The maximum Gasteiger partial charge on any atom is 0.303 e. The molecule has 1 atom stereocenters. The fourth-order valence-corrected chi connectivity index (χ4v) is 1.92. The summed E-state index contributed by atoms with van der Waals surface area (Å²) in [5, 5.41) is 8.46. The quantitative estimate of drug-likeness (QED) is 0.768. The number of thiazole rings is 1. The summed E-state index contributed by atoms with van der Waals surface area (Å²) in [4.78, 5) is 15.3. The molecule has 0 aliphatic carbocycles. The van der Waals surface area contributed by atoms with Crippen LogP contribution in [0.4, 0.5) is 0 Å². The number of aryl methyl sites for hydroxylation is 1. The number of hydrogen-bond donors (Lipinski definition) is 2. The van der Waals surface area contributed by atoms with Crippen molar-refractivity contribution in [2.45, 2.75) is 25.8 Å². The number of rotatable bonds is 4. The van der Waals surface area contributed by atoms with Crippen molar-refractivity contribution in [1.82, 2.24) is 4.98 Å². The Morgan fingerprint density at radius 1 is 1.85 bits per heavy atom. The van der Waals surface area contributed by atoms with Crippen LogP contribution in [0.5, 0.6) is 0 Å². The molecule has 1 aromatic rings. The fourth-order valence-electron chi connectivity index (χ4n) is 1.08. The van der Waals surface area contributed by atoms with Crippen LogP contribution < -0.4 is 5.73 Å². The molecule has 0 saturated heterocycles. The molecule has 0 bridgehead atoms. The SMILES string of the molecule is Cc1ncsc1C(N)CCC(=O)O. The lowest BCUT2D eigenvalue weighted by atomic mass is 10.1. The average Bonchev–Trinajstić information content (AvgIpc) is 2.47. The predicted molar refractivity (Wildman–Crippen MR) is 50.6 cm³/mol. The first-order valence-electron chi connectivity index (χ1n) is 3.98. The second kappa shape index (κ2) is 4.34. The predicted octanol–water partition coefficient (Wildman–Crippen LogP) is 1.32. The lowest BCUT2D eigenvalue weighted by Crippen LogP contribution is -2.11. The maximum atomic E-state index is 10.3. The first-order chi connectivity index (χ1) is 6.11. The summed E-state index contributed by atoms with van der Waals surface area (Å²) >= 11 is 1.48. The highest BCUT2D eigenvalue weighted by atomic mass is 32.1. The smallest absolute Gasteiger partial charge is 0.303 e. The molecule has 1 unspecified atom stereocenters. The van der Waals surface area contributed by atoms with Gasteiger partial charge in [0.2, 0.25) is 0 Å². The second-order valence-corrected chi connectivity index (χ2v) is 3.73. The van der Waals surface area contributed by atoms with Gasteiger partial charge in [0.1, 0.15) is 0 Å². The number of carboxylic acids is 1. The van der Waals surface area contributed by atoms with E-state index in [9.17, 15) is 4.79 Å². The Bertz CT molecular complexity index is 298. The Kier molecular flexibility index (Phi) is 3.39. The van der Waals surface area contributed by atoms with Crippen molar-refractivity contribution >= 4 is 17.3 Å². The van der Waals surface area contributed by atoms with Crippen molar-refractivity contribution in [3.63, 3.8) is 0 Å². The summed E-state index contributed by atoms with van der Waals surface area (Å²) in [6, 6.07) is -0.191. The largest absolute Gasteiger partial charge is 0.481 e. The lowest BCUT2D eigenvalue weighted by molar-refractivity contribution is -0.137. The summed E-state index contributed by atoms with van der Waals surface area (Å²) in [6.07, 6.45) is 0.580. The molecule has 5 heteroatoms. The third kappa shape index (κ3) is 2.78. The van der Waals surface area contributed by atoms with Gasteiger partial charge in [-0.05, 0) is 13.3 Å². The van der Waals surface area contributed by atoms with Crippen molar-refractivity contribution in [2.75, 3.05) is 0 Å². The second-order valence-electron chi connectivity index (χ2n) is 2.84. The molecule has 13 heavy (non-hydrogen) atoms. The first kappa shape index (κ1) is 10.1. The first-order valence-corrected chi connectivity index (χ1v) is 4.86. The lowest BCUT2D eigenvalue weighted by Gasteiger charge is -2.07. The van der Waals surface area contributed by atoms with E-state index in [2.05, 4.69) is 4.98 Å². The zero-order chi connectivity index (χ0) is 9.84. The highest BCUT2D eigenvalue weighted by Gasteiger charge is 2.12. The molecular weight excluding hydrogens is 188 g/mol. The highest BCUT2D eigenvalue weighted by Crippen LogP contribution is 2.22. The van der Waals surface area contributed by atoms with E-state index in [4.69, 9.17) is 10.8 Å².